The van der Waals surface area contributed by atoms with Gasteiger partial charge in [-0.25, -0.2) is 4.79 Å². The maximum absolute atomic E-state index is 12.4. The minimum atomic E-state index is -0.301. The summed E-state index contributed by atoms with van der Waals surface area (Å²) in [5.74, 6) is 0. The van der Waals surface area contributed by atoms with Gasteiger partial charge in [-0.05, 0) is 18.4 Å². The first-order valence-corrected chi connectivity index (χ1v) is 8.81. The second kappa shape index (κ2) is 7.33. The van der Waals surface area contributed by atoms with Gasteiger partial charge in [0.25, 0.3) is 0 Å². The minimum absolute atomic E-state index is 0.301. The number of fused-ring (bicyclic) bond motifs is 1. The number of benzene rings is 2. The van der Waals surface area contributed by atoms with Crippen LogP contribution in [-0.2, 0) is 13.1 Å². The summed E-state index contributed by atoms with van der Waals surface area (Å²) in [6, 6.07) is 13.5. The third kappa shape index (κ3) is 3.82. The number of aromatic nitrogens is 4. The van der Waals surface area contributed by atoms with E-state index in [1.807, 2.05) is 66.5 Å². The third-order valence-electron chi connectivity index (χ3n) is 4.28. The van der Waals surface area contributed by atoms with Crippen molar-refractivity contribution in [3.05, 3.63) is 72.8 Å². The van der Waals surface area contributed by atoms with Crippen molar-refractivity contribution in [3.8, 4) is 0 Å². The van der Waals surface area contributed by atoms with Crippen LogP contribution >= 0.6 is 0 Å². The topological polar surface area (TPSA) is 76.8 Å². The van der Waals surface area contributed by atoms with Crippen molar-refractivity contribution in [2.24, 2.45) is 0 Å². The van der Waals surface area contributed by atoms with Gasteiger partial charge >= 0.3 is 6.03 Å². The number of aryl methyl sites for hydroxylation is 1. The fraction of sp³-hybridized carbons (Fsp3) is 0.150. The van der Waals surface area contributed by atoms with E-state index < -0.39 is 0 Å². The van der Waals surface area contributed by atoms with Gasteiger partial charge < -0.3 is 10.6 Å². The summed E-state index contributed by atoms with van der Waals surface area (Å²) in [5.41, 5.74) is 2.47. The average Bonchev–Trinajstić information content (AvgIpc) is 3.31. The van der Waals surface area contributed by atoms with E-state index in [-0.39, 0.29) is 6.03 Å². The van der Waals surface area contributed by atoms with Crippen molar-refractivity contribution < 1.29 is 4.79 Å². The highest BCUT2D eigenvalue weighted by Crippen LogP contribution is 2.23. The summed E-state index contributed by atoms with van der Waals surface area (Å²) in [7, 11) is 0. The van der Waals surface area contributed by atoms with Crippen LogP contribution in [0.4, 0.5) is 16.2 Å². The van der Waals surface area contributed by atoms with Gasteiger partial charge in [0, 0.05) is 29.9 Å². The van der Waals surface area contributed by atoms with E-state index in [9.17, 15) is 4.79 Å². The molecule has 0 aliphatic carbocycles. The summed E-state index contributed by atoms with van der Waals surface area (Å²) < 4.78 is 3.64. The normalized spacial score (nSPS) is 10.9. The van der Waals surface area contributed by atoms with Gasteiger partial charge in [0.2, 0.25) is 0 Å². The summed E-state index contributed by atoms with van der Waals surface area (Å²) in [4.78, 5) is 12.4. The molecule has 2 aromatic heterocycles. The second-order valence-electron chi connectivity index (χ2n) is 6.24. The number of nitrogens with zero attached hydrogens (tertiary/aromatic N) is 4. The maximum atomic E-state index is 12.4. The Balaban J connectivity index is 1.42. The Hall–Kier alpha value is -3.61. The van der Waals surface area contributed by atoms with Crippen molar-refractivity contribution in [1.29, 1.82) is 0 Å². The Bertz CT molecular complexity index is 1080. The van der Waals surface area contributed by atoms with Crippen LogP contribution in [0.2, 0.25) is 0 Å². The van der Waals surface area contributed by atoms with E-state index >= 15 is 0 Å². The molecule has 7 heteroatoms. The van der Waals surface area contributed by atoms with Gasteiger partial charge in [-0.3, -0.25) is 9.36 Å². The average molecular weight is 360 g/mol. The largest absolute Gasteiger partial charge is 0.323 e. The van der Waals surface area contributed by atoms with Crippen LogP contribution < -0.4 is 10.6 Å². The van der Waals surface area contributed by atoms with Crippen molar-refractivity contribution in [2.75, 3.05) is 10.6 Å². The van der Waals surface area contributed by atoms with Crippen molar-refractivity contribution >= 4 is 28.2 Å². The molecule has 0 aliphatic rings. The van der Waals surface area contributed by atoms with Crippen LogP contribution in [0.1, 0.15) is 12.5 Å². The maximum Gasteiger partial charge on any atom is 0.323 e. The highest BCUT2D eigenvalue weighted by molar-refractivity contribution is 6.06. The Labute approximate surface area is 156 Å². The molecule has 0 radical (unpaired) electrons. The first-order chi connectivity index (χ1) is 13.2. The molecule has 2 N–H and O–H groups in total. The van der Waals surface area contributed by atoms with E-state index in [1.54, 1.807) is 17.1 Å². The van der Waals surface area contributed by atoms with Gasteiger partial charge in [0.05, 0.1) is 30.3 Å². The molecule has 0 spiro atoms. The number of amides is 2. The number of carbonyl (C=O) groups excluding carboxylic acids is 1. The quantitative estimate of drug-likeness (QED) is 0.566. The zero-order chi connectivity index (χ0) is 18.6. The lowest BCUT2D eigenvalue weighted by Crippen LogP contribution is -2.19. The fourth-order valence-electron chi connectivity index (χ4n) is 2.98. The lowest BCUT2D eigenvalue weighted by Gasteiger charge is -2.09. The monoisotopic (exact) mass is 360 g/mol. The zero-order valence-corrected chi connectivity index (χ0v) is 15.0. The zero-order valence-electron chi connectivity index (χ0n) is 15.0. The molecular formula is C20H20N6O. The molecular weight excluding hydrogens is 340 g/mol. The molecule has 0 saturated carbocycles. The molecule has 2 amide bonds. The van der Waals surface area contributed by atoms with Gasteiger partial charge in [-0.2, -0.15) is 10.2 Å². The highest BCUT2D eigenvalue weighted by atomic mass is 16.2. The van der Waals surface area contributed by atoms with E-state index in [2.05, 4.69) is 20.8 Å². The fourth-order valence-corrected chi connectivity index (χ4v) is 2.98. The predicted molar refractivity (Wildman–Crippen MR) is 106 cm³/mol. The number of anilines is 2. The van der Waals surface area contributed by atoms with E-state index in [0.29, 0.717) is 12.2 Å². The number of nitrogens with one attached hydrogen (secondary N) is 2. The van der Waals surface area contributed by atoms with Gasteiger partial charge in [-0.1, -0.05) is 36.4 Å². The molecule has 0 aliphatic heterocycles. The van der Waals surface area contributed by atoms with Crippen LogP contribution in [0.15, 0.2) is 67.3 Å². The Morgan fingerprint density at radius 2 is 1.78 bits per heavy atom. The van der Waals surface area contributed by atoms with Crippen molar-refractivity contribution in [1.82, 2.24) is 19.6 Å². The molecule has 0 bridgehead atoms. The summed E-state index contributed by atoms with van der Waals surface area (Å²) in [6.07, 6.45) is 7.24. The van der Waals surface area contributed by atoms with Gasteiger partial charge in [0.1, 0.15) is 0 Å². The summed E-state index contributed by atoms with van der Waals surface area (Å²) in [6.45, 7) is 3.48. The number of hydrogen-bond acceptors (Lipinski definition) is 3. The standard InChI is InChI=1S/C20H20N6O/c1-2-25-12-15(10-21-25)13-26-14-17(11-22-26)23-20(27)24-19-9-5-7-16-6-3-4-8-18(16)19/h3-12,14H,2,13H2,1H3,(H2,23,24,27). The first kappa shape index (κ1) is 16.8. The molecule has 27 heavy (non-hydrogen) atoms. The van der Waals surface area contributed by atoms with Crippen LogP contribution in [0.5, 0.6) is 0 Å². The molecule has 4 aromatic rings. The molecule has 7 nitrogen and oxygen atoms in total. The van der Waals surface area contributed by atoms with Crippen LogP contribution in [0, 0.1) is 0 Å². The Morgan fingerprint density at radius 3 is 2.63 bits per heavy atom. The number of carbonyl (C=O) groups is 1. The van der Waals surface area contributed by atoms with Crippen molar-refractivity contribution in [2.45, 2.75) is 20.0 Å². The van der Waals surface area contributed by atoms with Crippen LogP contribution in [0.3, 0.4) is 0 Å². The van der Waals surface area contributed by atoms with Crippen LogP contribution in [0.25, 0.3) is 10.8 Å². The number of rotatable bonds is 5. The Morgan fingerprint density at radius 1 is 0.963 bits per heavy atom. The molecule has 0 atom stereocenters. The molecule has 2 aromatic carbocycles. The molecule has 136 valence electrons. The van der Waals surface area contributed by atoms with Gasteiger partial charge in [0.15, 0.2) is 0 Å². The minimum Gasteiger partial charge on any atom is -0.307 e. The summed E-state index contributed by atoms with van der Waals surface area (Å²) in [5, 5.41) is 16.4. The molecule has 0 saturated heterocycles. The Kier molecular flexibility index (Phi) is 4.57. The van der Waals surface area contributed by atoms with Gasteiger partial charge in [-0.15, -0.1) is 0 Å². The molecule has 2 heterocycles. The second-order valence-corrected chi connectivity index (χ2v) is 6.24. The SMILES string of the molecule is CCn1cc(Cn2cc(NC(=O)Nc3cccc4ccccc34)cn2)cn1. The molecule has 0 fully saturated rings. The third-order valence-corrected chi connectivity index (χ3v) is 4.28. The lowest BCUT2D eigenvalue weighted by atomic mass is 10.1. The van der Waals surface area contributed by atoms with Crippen LogP contribution in [-0.4, -0.2) is 25.6 Å². The first-order valence-electron chi connectivity index (χ1n) is 8.81. The summed E-state index contributed by atoms with van der Waals surface area (Å²) >= 11 is 0. The van der Waals surface area contributed by atoms with E-state index in [0.717, 1.165) is 28.6 Å². The number of hydrogen-bond donors (Lipinski definition) is 2. The smallest absolute Gasteiger partial charge is 0.307 e. The van der Waals surface area contributed by atoms with E-state index in [4.69, 9.17) is 0 Å². The highest BCUT2D eigenvalue weighted by Gasteiger charge is 2.08. The lowest BCUT2D eigenvalue weighted by molar-refractivity contribution is 0.262. The predicted octanol–water partition coefficient (Wildman–Crippen LogP) is 3.95. The number of urea groups is 1. The molecule has 4 rings (SSSR count). The van der Waals surface area contributed by atoms with Crippen molar-refractivity contribution in [3.63, 3.8) is 0 Å². The van der Waals surface area contributed by atoms with E-state index in [1.165, 1.54) is 0 Å². The molecule has 0 unspecified atom stereocenters.